The number of carbonyl (C=O) groups excluding carboxylic acids is 3. The number of hydrogen-bond donors (Lipinski definition) is 2. The highest BCUT2D eigenvalue weighted by molar-refractivity contribution is 7.14. The molecule has 7 nitrogen and oxygen atoms in total. The molecule has 2 N–H and O–H groups in total. The Morgan fingerprint density at radius 1 is 1.13 bits per heavy atom. The molecule has 1 aromatic heterocycles. The number of benzene rings is 2. The lowest BCUT2D eigenvalue weighted by molar-refractivity contribution is -0.133. The lowest BCUT2D eigenvalue weighted by Crippen LogP contribution is -2.42. The van der Waals surface area contributed by atoms with Crippen LogP contribution in [0, 0.1) is 11.6 Å². The topological polar surface area (TPSA) is 91.4 Å². The summed E-state index contributed by atoms with van der Waals surface area (Å²) in [6.07, 6.45) is 0. The van der Waals surface area contributed by atoms with E-state index in [1.54, 1.807) is 37.3 Å². The number of carbonyl (C=O) groups is 3. The van der Waals surface area contributed by atoms with Crippen molar-refractivity contribution in [2.75, 3.05) is 11.9 Å². The van der Waals surface area contributed by atoms with Crippen LogP contribution in [-0.4, -0.2) is 34.3 Å². The Morgan fingerprint density at radius 2 is 1.81 bits per heavy atom. The van der Waals surface area contributed by atoms with Gasteiger partial charge in [-0.1, -0.05) is 36.4 Å². The normalized spacial score (nSPS) is 18.2. The minimum Gasteiger partial charge on any atom is -0.319 e. The number of hydrogen-bond acceptors (Lipinski definition) is 5. The van der Waals surface area contributed by atoms with Gasteiger partial charge >= 0.3 is 6.03 Å². The van der Waals surface area contributed by atoms with Crippen molar-refractivity contribution in [3.05, 3.63) is 71.1 Å². The van der Waals surface area contributed by atoms with Gasteiger partial charge in [-0.25, -0.2) is 18.6 Å². The van der Waals surface area contributed by atoms with Crippen LogP contribution in [0.4, 0.5) is 18.7 Å². The zero-order valence-electron chi connectivity index (χ0n) is 16.2. The van der Waals surface area contributed by atoms with Crippen LogP contribution in [0.1, 0.15) is 12.5 Å². The van der Waals surface area contributed by atoms with Crippen molar-refractivity contribution >= 4 is 34.3 Å². The Morgan fingerprint density at radius 3 is 2.48 bits per heavy atom. The zero-order valence-corrected chi connectivity index (χ0v) is 17.0. The molecule has 1 atom stereocenters. The first kappa shape index (κ1) is 20.6. The fourth-order valence-electron chi connectivity index (χ4n) is 3.30. The fourth-order valence-corrected chi connectivity index (χ4v) is 4.02. The van der Waals surface area contributed by atoms with Crippen LogP contribution in [-0.2, 0) is 15.1 Å². The molecule has 0 spiro atoms. The second-order valence-corrected chi connectivity index (χ2v) is 7.85. The van der Waals surface area contributed by atoms with Gasteiger partial charge in [0.25, 0.3) is 5.91 Å². The first-order valence-electron chi connectivity index (χ1n) is 9.19. The van der Waals surface area contributed by atoms with E-state index in [2.05, 4.69) is 15.6 Å². The number of imide groups is 1. The van der Waals surface area contributed by atoms with Gasteiger partial charge < -0.3 is 10.6 Å². The van der Waals surface area contributed by atoms with E-state index in [1.807, 2.05) is 0 Å². The number of anilines is 1. The molecule has 2 heterocycles. The van der Waals surface area contributed by atoms with E-state index in [0.717, 1.165) is 28.4 Å². The molecule has 0 aliphatic carbocycles. The molecule has 2 aromatic carbocycles. The second-order valence-electron chi connectivity index (χ2n) is 7.00. The van der Waals surface area contributed by atoms with Gasteiger partial charge in [-0.05, 0) is 24.6 Å². The fraction of sp³-hybridized carbons (Fsp3) is 0.143. The number of halogens is 2. The van der Waals surface area contributed by atoms with Gasteiger partial charge in [0, 0.05) is 5.38 Å². The van der Waals surface area contributed by atoms with Crippen LogP contribution in [0.15, 0.2) is 53.9 Å². The number of aromatic nitrogens is 1. The van der Waals surface area contributed by atoms with E-state index in [0.29, 0.717) is 5.56 Å². The van der Waals surface area contributed by atoms with Gasteiger partial charge in [0.15, 0.2) is 5.13 Å². The molecule has 10 heteroatoms. The molecule has 158 valence electrons. The van der Waals surface area contributed by atoms with Crippen molar-refractivity contribution < 1.29 is 23.2 Å². The van der Waals surface area contributed by atoms with Crippen LogP contribution in [0.3, 0.4) is 0 Å². The van der Waals surface area contributed by atoms with E-state index >= 15 is 0 Å². The minimum atomic E-state index is -1.28. The summed E-state index contributed by atoms with van der Waals surface area (Å²) in [6, 6.07) is 11.5. The molecule has 0 radical (unpaired) electrons. The predicted octanol–water partition coefficient (Wildman–Crippen LogP) is 3.49. The molecular formula is C21H16F2N4O3S. The molecule has 0 saturated carbocycles. The van der Waals surface area contributed by atoms with E-state index in [1.165, 1.54) is 11.4 Å². The summed E-state index contributed by atoms with van der Waals surface area (Å²) in [7, 11) is 0. The first-order chi connectivity index (χ1) is 14.8. The van der Waals surface area contributed by atoms with E-state index < -0.39 is 41.6 Å². The van der Waals surface area contributed by atoms with Crippen LogP contribution >= 0.6 is 11.3 Å². The third kappa shape index (κ3) is 3.77. The van der Waals surface area contributed by atoms with Crippen molar-refractivity contribution in [2.24, 2.45) is 0 Å². The molecular weight excluding hydrogens is 426 g/mol. The molecule has 31 heavy (non-hydrogen) atoms. The SMILES string of the molecule is CC1(c2ccccc2)NC(=O)N(CC(=O)Nc2nc(-c3c(F)cccc3F)cs2)C1=O. The average molecular weight is 442 g/mol. The lowest BCUT2D eigenvalue weighted by atomic mass is 9.92. The number of rotatable bonds is 5. The maximum atomic E-state index is 13.9. The summed E-state index contributed by atoms with van der Waals surface area (Å²) >= 11 is 0.966. The van der Waals surface area contributed by atoms with Gasteiger partial charge in [0.05, 0.1) is 11.3 Å². The zero-order chi connectivity index (χ0) is 22.2. The van der Waals surface area contributed by atoms with Crippen molar-refractivity contribution in [3.63, 3.8) is 0 Å². The maximum Gasteiger partial charge on any atom is 0.325 e. The number of thiazole rings is 1. The summed E-state index contributed by atoms with van der Waals surface area (Å²) in [6.45, 7) is 1.03. The highest BCUT2D eigenvalue weighted by Gasteiger charge is 2.49. The van der Waals surface area contributed by atoms with Gasteiger partial charge in [-0.15, -0.1) is 11.3 Å². The first-order valence-corrected chi connectivity index (χ1v) is 10.1. The smallest absolute Gasteiger partial charge is 0.319 e. The minimum absolute atomic E-state index is 0.0301. The Balaban J connectivity index is 1.47. The summed E-state index contributed by atoms with van der Waals surface area (Å²) in [5.74, 6) is -2.78. The summed E-state index contributed by atoms with van der Waals surface area (Å²) < 4.78 is 27.9. The van der Waals surface area contributed by atoms with Crippen molar-refractivity contribution in [2.45, 2.75) is 12.5 Å². The molecule has 1 unspecified atom stereocenters. The third-order valence-corrected chi connectivity index (χ3v) is 5.65. The second kappa shape index (κ2) is 7.88. The van der Waals surface area contributed by atoms with Crippen molar-refractivity contribution in [3.8, 4) is 11.3 Å². The average Bonchev–Trinajstić information content (AvgIpc) is 3.27. The molecule has 4 amide bonds. The molecule has 0 bridgehead atoms. The van der Waals surface area contributed by atoms with Crippen molar-refractivity contribution in [1.29, 1.82) is 0 Å². The summed E-state index contributed by atoms with van der Waals surface area (Å²) in [5, 5.41) is 6.55. The van der Waals surface area contributed by atoms with Gasteiger partial charge in [0.1, 0.15) is 23.7 Å². The van der Waals surface area contributed by atoms with Crippen LogP contribution < -0.4 is 10.6 Å². The summed E-state index contributed by atoms with van der Waals surface area (Å²) in [5.41, 5.74) is -0.961. The van der Waals surface area contributed by atoms with E-state index in [9.17, 15) is 23.2 Å². The molecule has 1 aliphatic rings. The summed E-state index contributed by atoms with van der Waals surface area (Å²) in [4.78, 5) is 42.5. The standard InChI is InChI=1S/C21H16F2N4O3S/c1-21(12-6-3-2-4-7-12)18(29)27(20(30)26-21)10-16(28)25-19-24-15(11-31-19)17-13(22)8-5-9-14(17)23/h2-9,11H,10H2,1H3,(H,26,30)(H,24,25,28). The number of nitrogens with one attached hydrogen (secondary N) is 2. The molecule has 1 fully saturated rings. The highest BCUT2D eigenvalue weighted by Crippen LogP contribution is 2.30. The monoisotopic (exact) mass is 442 g/mol. The number of nitrogens with zero attached hydrogens (tertiary/aromatic N) is 2. The number of amides is 4. The van der Waals surface area contributed by atoms with E-state index in [-0.39, 0.29) is 16.4 Å². The van der Waals surface area contributed by atoms with Crippen LogP contribution in [0.5, 0.6) is 0 Å². The largest absolute Gasteiger partial charge is 0.325 e. The quantitative estimate of drug-likeness (QED) is 0.592. The Kier molecular flexibility index (Phi) is 5.24. The molecule has 1 saturated heterocycles. The van der Waals surface area contributed by atoms with Crippen LogP contribution in [0.2, 0.25) is 0 Å². The van der Waals surface area contributed by atoms with Crippen LogP contribution in [0.25, 0.3) is 11.3 Å². The maximum absolute atomic E-state index is 13.9. The highest BCUT2D eigenvalue weighted by atomic mass is 32.1. The third-order valence-electron chi connectivity index (χ3n) is 4.90. The molecule has 1 aliphatic heterocycles. The van der Waals surface area contributed by atoms with Crippen molar-refractivity contribution in [1.82, 2.24) is 15.2 Å². The predicted molar refractivity (Wildman–Crippen MR) is 110 cm³/mol. The lowest BCUT2D eigenvalue weighted by Gasteiger charge is -2.21. The van der Waals surface area contributed by atoms with Gasteiger partial charge in [0.2, 0.25) is 5.91 Å². The molecule has 3 aromatic rings. The Bertz CT molecular complexity index is 1160. The Hall–Kier alpha value is -3.66. The molecule has 4 rings (SSSR count). The van der Waals surface area contributed by atoms with Gasteiger partial charge in [-0.2, -0.15) is 0 Å². The van der Waals surface area contributed by atoms with E-state index in [4.69, 9.17) is 0 Å². The number of urea groups is 1. The Labute approximate surface area is 179 Å². The van der Waals surface area contributed by atoms with Gasteiger partial charge in [-0.3, -0.25) is 14.5 Å².